The van der Waals surface area contributed by atoms with Crippen LogP contribution >= 0.6 is 0 Å². The summed E-state index contributed by atoms with van der Waals surface area (Å²) in [5, 5.41) is 3.86. The molecule has 2 saturated heterocycles. The number of rotatable bonds is 5. The predicted octanol–water partition coefficient (Wildman–Crippen LogP) is 2.41. The zero-order valence-corrected chi connectivity index (χ0v) is 12.7. The molecule has 1 saturated carbocycles. The van der Waals surface area contributed by atoms with Crippen molar-refractivity contribution in [2.75, 3.05) is 26.2 Å². The zero-order chi connectivity index (χ0) is 13.3. The molecule has 3 atom stereocenters. The van der Waals surface area contributed by atoms with Gasteiger partial charge in [0, 0.05) is 37.8 Å². The third-order valence-corrected chi connectivity index (χ3v) is 5.35. The Morgan fingerprint density at radius 1 is 1.32 bits per heavy atom. The summed E-state index contributed by atoms with van der Waals surface area (Å²) in [5.41, 5.74) is 0.364. The van der Waals surface area contributed by atoms with E-state index in [4.69, 9.17) is 4.74 Å². The van der Waals surface area contributed by atoms with Crippen LogP contribution in [0.25, 0.3) is 0 Å². The molecule has 0 bridgehead atoms. The Labute approximate surface area is 118 Å². The van der Waals surface area contributed by atoms with Crippen LogP contribution in [0, 0.1) is 5.92 Å². The first kappa shape index (κ1) is 13.8. The van der Waals surface area contributed by atoms with Crippen molar-refractivity contribution in [1.82, 2.24) is 10.2 Å². The number of nitrogens with one attached hydrogen (secondary N) is 1. The molecule has 19 heavy (non-hydrogen) atoms. The lowest BCUT2D eigenvalue weighted by molar-refractivity contribution is 0.0155. The summed E-state index contributed by atoms with van der Waals surface area (Å²) in [7, 11) is 0. The molecule has 0 aromatic rings. The first-order chi connectivity index (χ1) is 9.21. The van der Waals surface area contributed by atoms with Crippen molar-refractivity contribution in [2.24, 2.45) is 5.92 Å². The van der Waals surface area contributed by atoms with Gasteiger partial charge in [-0.2, -0.15) is 0 Å². The van der Waals surface area contributed by atoms with E-state index in [-0.39, 0.29) is 0 Å². The lowest BCUT2D eigenvalue weighted by Crippen LogP contribution is -2.64. The average molecular weight is 266 g/mol. The highest BCUT2D eigenvalue weighted by atomic mass is 16.5. The fraction of sp³-hybridized carbons (Fsp3) is 1.00. The van der Waals surface area contributed by atoms with E-state index in [0.717, 1.165) is 25.1 Å². The smallest absolute Gasteiger partial charge is 0.0702 e. The number of nitrogens with zero attached hydrogens (tertiary/aromatic N) is 1. The molecule has 110 valence electrons. The normalized spacial score (nSPS) is 40.7. The van der Waals surface area contributed by atoms with Crippen LogP contribution in [0.15, 0.2) is 0 Å². The highest BCUT2D eigenvalue weighted by Gasteiger charge is 2.46. The second-order valence-electron chi connectivity index (χ2n) is 7.08. The monoisotopic (exact) mass is 266 g/mol. The Bertz CT molecular complexity index is 299. The first-order valence-corrected chi connectivity index (χ1v) is 8.32. The van der Waals surface area contributed by atoms with Gasteiger partial charge in [0.1, 0.15) is 0 Å². The molecule has 3 heteroatoms. The Morgan fingerprint density at radius 2 is 2.16 bits per heavy atom. The van der Waals surface area contributed by atoms with Crippen LogP contribution in [-0.4, -0.2) is 48.8 Å². The summed E-state index contributed by atoms with van der Waals surface area (Å²) in [4.78, 5) is 2.74. The maximum absolute atomic E-state index is 5.86. The Hall–Kier alpha value is -0.120. The third-order valence-electron chi connectivity index (χ3n) is 5.35. The molecule has 2 heterocycles. The summed E-state index contributed by atoms with van der Waals surface area (Å²) in [6.07, 6.45) is 8.49. The highest BCUT2D eigenvalue weighted by molar-refractivity contribution is 5.04. The van der Waals surface area contributed by atoms with Gasteiger partial charge in [-0.25, -0.2) is 0 Å². The number of hydrogen-bond acceptors (Lipinski definition) is 3. The Balaban J connectivity index is 1.63. The molecular formula is C16H30N2O. The van der Waals surface area contributed by atoms with E-state index in [9.17, 15) is 0 Å². The first-order valence-electron chi connectivity index (χ1n) is 8.32. The summed E-state index contributed by atoms with van der Waals surface area (Å²) in [6, 6.07) is 0.723. The minimum atomic E-state index is 0.364. The van der Waals surface area contributed by atoms with E-state index in [1.165, 1.54) is 51.6 Å². The Kier molecular flexibility index (Phi) is 4.16. The maximum Gasteiger partial charge on any atom is 0.0702 e. The lowest BCUT2D eigenvalue weighted by atomic mass is 9.89. The zero-order valence-electron chi connectivity index (χ0n) is 12.7. The maximum atomic E-state index is 5.86. The van der Waals surface area contributed by atoms with E-state index in [2.05, 4.69) is 24.1 Å². The van der Waals surface area contributed by atoms with Crippen LogP contribution in [0.4, 0.5) is 0 Å². The van der Waals surface area contributed by atoms with Crippen LogP contribution in [0.2, 0.25) is 0 Å². The third kappa shape index (κ3) is 3.14. The topological polar surface area (TPSA) is 24.5 Å². The SMILES string of the molecule is CCCC1CNC(C)(C2CC2)CN1CC1CCCO1. The van der Waals surface area contributed by atoms with Gasteiger partial charge >= 0.3 is 0 Å². The molecule has 3 aliphatic rings. The van der Waals surface area contributed by atoms with Gasteiger partial charge in [0.25, 0.3) is 0 Å². The van der Waals surface area contributed by atoms with E-state index in [1.807, 2.05) is 0 Å². The van der Waals surface area contributed by atoms with Crippen LogP contribution in [0.3, 0.4) is 0 Å². The van der Waals surface area contributed by atoms with Crippen molar-refractivity contribution >= 4 is 0 Å². The summed E-state index contributed by atoms with van der Waals surface area (Å²) < 4.78 is 5.86. The van der Waals surface area contributed by atoms with Crippen molar-refractivity contribution in [1.29, 1.82) is 0 Å². The van der Waals surface area contributed by atoms with Gasteiger partial charge in [-0.1, -0.05) is 13.3 Å². The van der Waals surface area contributed by atoms with Crippen LogP contribution in [0.5, 0.6) is 0 Å². The van der Waals surface area contributed by atoms with Gasteiger partial charge in [-0.3, -0.25) is 4.90 Å². The van der Waals surface area contributed by atoms with Crippen LogP contribution in [0.1, 0.15) is 52.4 Å². The molecule has 3 nitrogen and oxygen atoms in total. The minimum absolute atomic E-state index is 0.364. The lowest BCUT2D eigenvalue weighted by Gasteiger charge is -2.47. The van der Waals surface area contributed by atoms with Crippen molar-refractivity contribution in [3.05, 3.63) is 0 Å². The molecule has 3 rings (SSSR count). The van der Waals surface area contributed by atoms with Crippen molar-refractivity contribution < 1.29 is 4.74 Å². The number of piperazine rings is 1. The van der Waals surface area contributed by atoms with Gasteiger partial charge in [-0.05, 0) is 44.9 Å². The summed E-state index contributed by atoms with van der Waals surface area (Å²) in [6.45, 7) is 9.29. The molecule has 2 aliphatic heterocycles. The average Bonchev–Trinajstić information content (AvgIpc) is 3.14. The second-order valence-corrected chi connectivity index (χ2v) is 7.08. The van der Waals surface area contributed by atoms with Gasteiger partial charge < -0.3 is 10.1 Å². The van der Waals surface area contributed by atoms with E-state index in [0.29, 0.717) is 11.6 Å². The number of hydrogen-bond donors (Lipinski definition) is 1. The molecular weight excluding hydrogens is 236 g/mol. The quantitative estimate of drug-likeness (QED) is 0.827. The molecule has 1 N–H and O–H groups in total. The van der Waals surface area contributed by atoms with Crippen LogP contribution < -0.4 is 5.32 Å². The van der Waals surface area contributed by atoms with Gasteiger partial charge in [-0.15, -0.1) is 0 Å². The predicted molar refractivity (Wildman–Crippen MR) is 78.4 cm³/mol. The molecule has 0 aromatic carbocycles. The van der Waals surface area contributed by atoms with Gasteiger partial charge in [0.05, 0.1) is 6.10 Å². The minimum Gasteiger partial charge on any atom is -0.377 e. The fourth-order valence-electron chi connectivity index (χ4n) is 3.96. The summed E-state index contributed by atoms with van der Waals surface area (Å²) >= 11 is 0. The van der Waals surface area contributed by atoms with Crippen molar-refractivity contribution in [3.8, 4) is 0 Å². The van der Waals surface area contributed by atoms with Gasteiger partial charge in [0.15, 0.2) is 0 Å². The molecule has 0 aromatic heterocycles. The highest BCUT2D eigenvalue weighted by Crippen LogP contribution is 2.41. The van der Waals surface area contributed by atoms with E-state index >= 15 is 0 Å². The van der Waals surface area contributed by atoms with Crippen molar-refractivity contribution in [2.45, 2.75) is 70.1 Å². The molecule has 0 spiro atoms. The largest absolute Gasteiger partial charge is 0.377 e. The second kappa shape index (κ2) is 5.71. The summed E-state index contributed by atoms with van der Waals surface area (Å²) in [5.74, 6) is 0.919. The molecule has 3 unspecified atom stereocenters. The molecule has 1 aliphatic carbocycles. The molecule has 3 fully saturated rings. The fourth-order valence-corrected chi connectivity index (χ4v) is 3.96. The number of ether oxygens (including phenoxy) is 1. The Morgan fingerprint density at radius 3 is 2.79 bits per heavy atom. The van der Waals surface area contributed by atoms with Crippen molar-refractivity contribution in [3.63, 3.8) is 0 Å². The molecule has 0 radical (unpaired) electrons. The van der Waals surface area contributed by atoms with E-state index in [1.54, 1.807) is 0 Å². The van der Waals surface area contributed by atoms with Gasteiger partial charge in [0.2, 0.25) is 0 Å². The van der Waals surface area contributed by atoms with E-state index < -0.39 is 0 Å². The van der Waals surface area contributed by atoms with Crippen LogP contribution in [-0.2, 0) is 4.74 Å². The standard InChI is InChI=1S/C16H30N2O/c1-3-5-14-10-17-16(2,13-7-8-13)12-18(14)11-15-6-4-9-19-15/h13-15,17H,3-12H2,1-2H3. The molecule has 0 amide bonds.